The normalized spacial score (nSPS) is 15.4. The highest BCUT2D eigenvalue weighted by molar-refractivity contribution is 7.89. The van der Waals surface area contributed by atoms with Gasteiger partial charge in [-0.1, -0.05) is 29.8 Å². The van der Waals surface area contributed by atoms with Crippen molar-refractivity contribution in [3.05, 3.63) is 53.6 Å². The molecular weight excluding hydrogens is 362 g/mol. The van der Waals surface area contributed by atoms with Crippen LogP contribution in [0.4, 0.5) is 0 Å². The summed E-state index contributed by atoms with van der Waals surface area (Å²) in [6.07, 6.45) is 2.07. The summed E-state index contributed by atoms with van der Waals surface area (Å²) in [5.41, 5.74) is 2.16. The maximum absolute atomic E-state index is 13.0. The zero-order chi connectivity index (χ0) is 19.4. The van der Waals surface area contributed by atoms with Crippen molar-refractivity contribution < 1.29 is 17.9 Å². The van der Waals surface area contributed by atoms with E-state index in [1.54, 1.807) is 12.1 Å². The third-order valence-electron chi connectivity index (χ3n) is 4.64. The number of rotatable bonds is 9. The predicted octanol–water partition coefficient (Wildman–Crippen LogP) is 4.22. The summed E-state index contributed by atoms with van der Waals surface area (Å²) in [5.74, 6) is 1.34. The molecule has 1 saturated carbocycles. The number of nitrogens with one attached hydrogen (secondary N) is 1. The van der Waals surface area contributed by atoms with Gasteiger partial charge in [0.25, 0.3) is 0 Å². The highest BCUT2D eigenvalue weighted by Gasteiger charge is 2.35. The van der Waals surface area contributed by atoms with Crippen molar-refractivity contribution in [2.45, 2.75) is 44.6 Å². The van der Waals surface area contributed by atoms with Crippen LogP contribution in [0.15, 0.2) is 47.4 Å². The Balaban J connectivity index is 1.88. The van der Waals surface area contributed by atoms with E-state index in [1.807, 2.05) is 45.0 Å². The first kappa shape index (κ1) is 19.7. The molecule has 27 heavy (non-hydrogen) atoms. The van der Waals surface area contributed by atoms with Gasteiger partial charge < -0.3 is 9.47 Å². The molecule has 3 rings (SSSR count). The second-order valence-corrected chi connectivity index (χ2v) is 8.54. The molecule has 0 aromatic heterocycles. The summed E-state index contributed by atoms with van der Waals surface area (Å²) in [5, 5.41) is 0. The van der Waals surface area contributed by atoms with Crippen LogP contribution in [0.3, 0.4) is 0 Å². The van der Waals surface area contributed by atoms with Gasteiger partial charge in [0.05, 0.1) is 18.1 Å². The van der Waals surface area contributed by atoms with Gasteiger partial charge in [-0.25, -0.2) is 13.1 Å². The fourth-order valence-electron chi connectivity index (χ4n) is 3.07. The molecule has 0 amide bonds. The Hall–Kier alpha value is -2.05. The van der Waals surface area contributed by atoms with Gasteiger partial charge >= 0.3 is 0 Å². The standard InChI is InChI=1S/C21H27NO4S/c1-4-25-19-13-12-18(14-20(19)26-5-2)27(23,24)22-21(17-10-11-17)16-8-6-15(3)7-9-16/h6-9,12-14,17,21-22H,4-5,10-11H2,1-3H3. The second-order valence-electron chi connectivity index (χ2n) is 6.82. The van der Waals surface area contributed by atoms with Crippen molar-refractivity contribution in [2.75, 3.05) is 13.2 Å². The van der Waals surface area contributed by atoms with Crippen molar-refractivity contribution in [3.63, 3.8) is 0 Å². The maximum atomic E-state index is 13.0. The Morgan fingerprint density at radius 3 is 2.22 bits per heavy atom. The molecule has 1 unspecified atom stereocenters. The van der Waals surface area contributed by atoms with Gasteiger partial charge in [-0.05, 0) is 57.2 Å². The number of aryl methyl sites for hydroxylation is 1. The predicted molar refractivity (Wildman–Crippen MR) is 106 cm³/mol. The number of ether oxygens (including phenoxy) is 2. The quantitative estimate of drug-likeness (QED) is 0.697. The monoisotopic (exact) mass is 389 g/mol. The minimum atomic E-state index is -3.68. The van der Waals surface area contributed by atoms with Gasteiger partial charge in [-0.3, -0.25) is 0 Å². The molecule has 1 N–H and O–H groups in total. The highest BCUT2D eigenvalue weighted by Crippen LogP contribution is 2.42. The van der Waals surface area contributed by atoms with Crippen LogP contribution in [0, 0.1) is 12.8 Å². The summed E-state index contributed by atoms with van der Waals surface area (Å²) in [7, 11) is -3.68. The average molecular weight is 390 g/mol. The average Bonchev–Trinajstić information content (AvgIpc) is 3.47. The van der Waals surface area contributed by atoms with Gasteiger partial charge in [-0.2, -0.15) is 0 Å². The van der Waals surface area contributed by atoms with Crippen molar-refractivity contribution in [1.82, 2.24) is 4.72 Å². The van der Waals surface area contributed by atoms with Crippen LogP contribution in [0.5, 0.6) is 11.5 Å². The number of benzene rings is 2. The molecule has 0 heterocycles. The van der Waals surface area contributed by atoms with Gasteiger partial charge in [0.15, 0.2) is 11.5 Å². The molecule has 1 fully saturated rings. The van der Waals surface area contributed by atoms with E-state index in [0.717, 1.165) is 24.0 Å². The second kappa shape index (κ2) is 8.31. The largest absolute Gasteiger partial charge is 0.490 e. The van der Waals surface area contributed by atoms with E-state index in [1.165, 1.54) is 6.07 Å². The van der Waals surface area contributed by atoms with Crippen LogP contribution in [-0.2, 0) is 10.0 Å². The summed E-state index contributed by atoms with van der Waals surface area (Å²) in [4.78, 5) is 0.187. The Bertz CT molecular complexity index is 874. The molecule has 146 valence electrons. The molecule has 1 aliphatic rings. The van der Waals surface area contributed by atoms with Gasteiger partial charge in [-0.15, -0.1) is 0 Å². The summed E-state index contributed by atoms with van der Waals surface area (Å²) >= 11 is 0. The molecule has 5 nitrogen and oxygen atoms in total. The van der Waals surface area contributed by atoms with E-state index in [0.29, 0.717) is 30.6 Å². The molecule has 1 aliphatic carbocycles. The Morgan fingerprint density at radius 2 is 1.63 bits per heavy atom. The maximum Gasteiger partial charge on any atom is 0.241 e. The van der Waals surface area contributed by atoms with Crippen molar-refractivity contribution in [1.29, 1.82) is 0 Å². The number of hydrogen-bond donors (Lipinski definition) is 1. The molecule has 0 radical (unpaired) electrons. The summed E-state index contributed by atoms with van der Waals surface area (Å²) in [6, 6.07) is 12.6. The van der Waals surface area contributed by atoms with Crippen LogP contribution in [0.25, 0.3) is 0 Å². The molecular formula is C21H27NO4S. The minimum Gasteiger partial charge on any atom is -0.490 e. The molecule has 1 atom stereocenters. The highest BCUT2D eigenvalue weighted by atomic mass is 32.2. The lowest BCUT2D eigenvalue weighted by Gasteiger charge is -2.20. The Morgan fingerprint density at radius 1 is 1.00 bits per heavy atom. The smallest absolute Gasteiger partial charge is 0.241 e. The zero-order valence-corrected chi connectivity index (χ0v) is 16.9. The van der Waals surface area contributed by atoms with E-state index in [-0.39, 0.29) is 10.9 Å². The van der Waals surface area contributed by atoms with Crippen LogP contribution < -0.4 is 14.2 Å². The van der Waals surface area contributed by atoms with Crippen molar-refractivity contribution in [3.8, 4) is 11.5 Å². The molecule has 0 saturated heterocycles. The molecule has 2 aromatic carbocycles. The van der Waals surface area contributed by atoms with Crippen LogP contribution in [0.1, 0.15) is 43.9 Å². The SMILES string of the molecule is CCOc1ccc(S(=O)(=O)NC(c2ccc(C)cc2)C2CC2)cc1OCC. The topological polar surface area (TPSA) is 64.6 Å². The molecule has 0 spiro atoms. The van der Waals surface area contributed by atoms with E-state index in [9.17, 15) is 8.42 Å². The van der Waals surface area contributed by atoms with Gasteiger partial charge in [0, 0.05) is 12.1 Å². The minimum absolute atomic E-state index is 0.187. The molecule has 6 heteroatoms. The van der Waals surface area contributed by atoms with E-state index < -0.39 is 10.0 Å². The molecule has 2 aromatic rings. The van der Waals surface area contributed by atoms with E-state index in [4.69, 9.17) is 9.47 Å². The van der Waals surface area contributed by atoms with Crippen LogP contribution in [0.2, 0.25) is 0 Å². The first-order valence-electron chi connectivity index (χ1n) is 9.43. The summed E-state index contributed by atoms with van der Waals surface area (Å²) < 4.78 is 40.1. The Kier molecular flexibility index (Phi) is 6.07. The summed E-state index contributed by atoms with van der Waals surface area (Å²) in [6.45, 7) is 6.68. The van der Waals surface area contributed by atoms with Crippen molar-refractivity contribution >= 4 is 10.0 Å². The van der Waals surface area contributed by atoms with E-state index >= 15 is 0 Å². The zero-order valence-electron chi connectivity index (χ0n) is 16.1. The first-order chi connectivity index (χ1) is 12.9. The van der Waals surface area contributed by atoms with E-state index in [2.05, 4.69) is 4.72 Å². The van der Waals surface area contributed by atoms with Crippen LogP contribution in [-0.4, -0.2) is 21.6 Å². The lowest BCUT2D eigenvalue weighted by Crippen LogP contribution is -2.30. The van der Waals surface area contributed by atoms with Gasteiger partial charge in [0.2, 0.25) is 10.0 Å². The number of hydrogen-bond acceptors (Lipinski definition) is 4. The Labute approximate surface area is 161 Å². The number of sulfonamides is 1. The fourth-order valence-corrected chi connectivity index (χ4v) is 4.38. The van der Waals surface area contributed by atoms with Gasteiger partial charge in [0.1, 0.15) is 0 Å². The lowest BCUT2D eigenvalue weighted by atomic mass is 10.0. The van der Waals surface area contributed by atoms with Crippen molar-refractivity contribution in [2.24, 2.45) is 5.92 Å². The lowest BCUT2D eigenvalue weighted by molar-refractivity contribution is 0.287. The molecule has 0 aliphatic heterocycles. The third kappa shape index (κ3) is 4.82. The molecule has 0 bridgehead atoms. The fraction of sp³-hybridized carbons (Fsp3) is 0.429. The first-order valence-corrected chi connectivity index (χ1v) is 10.9. The third-order valence-corrected chi connectivity index (χ3v) is 6.08. The van der Waals surface area contributed by atoms with Crippen LogP contribution >= 0.6 is 0 Å².